The molecule has 7 nitrogen and oxygen atoms in total. The average molecular weight is 416 g/mol. The molecule has 1 fully saturated rings. The van der Waals surface area contributed by atoms with Crippen LogP contribution in [0.3, 0.4) is 0 Å². The van der Waals surface area contributed by atoms with Crippen molar-refractivity contribution < 1.29 is 24.2 Å². The maximum absolute atomic E-state index is 12.0. The van der Waals surface area contributed by atoms with Gasteiger partial charge in [0.05, 0.1) is 0 Å². The fraction of sp³-hybridized carbons (Fsp3) is 0.357. The number of hydrogen-bond acceptors (Lipinski definition) is 5. The van der Waals surface area contributed by atoms with E-state index >= 15 is 0 Å². The minimum absolute atomic E-state index is 0.134. The zero-order valence-corrected chi connectivity index (χ0v) is 13.7. The number of nitrogens with zero attached hydrogens (tertiary/aromatic N) is 1. The van der Waals surface area contributed by atoms with Crippen molar-refractivity contribution in [2.45, 2.75) is 31.5 Å². The SMILES string of the molecule is CC(=O)OC(=O)C1CC2c3cc(I)ccc3NC2N1C(=O)O. The molecule has 8 heteroatoms. The molecule has 1 aromatic rings. The van der Waals surface area contributed by atoms with Crippen molar-refractivity contribution >= 4 is 46.3 Å². The molecule has 2 heterocycles. The van der Waals surface area contributed by atoms with E-state index in [1.54, 1.807) is 0 Å². The Morgan fingerprint density at radius 2 is 2.14 bits per heavy atom. The van der Waals surface area contributed by atoms with E-state index in [1.807, 2.05) is 18.2 Å². The van der Waals surface area contributed by atoms with Crippen molar-refractivity contribution in [3.05, 3.63) is 27.3 Å². The molecular formula is C14H13IN2O5. The van der Waals surface area contributed by atoms with E-state index in [9.17, 15) is 19.5 Å². The van der Waals surface area contributed by atoms with Gasteiger partial charge in [-0.25, -0.2) is 9.59 Å². The Labute approximate surface area is 139 Å². The van der Waals surface area contributed by atoms with Crippen molar-refractivity contribution in [2.24, 2.45) is 0 Å². The Bertz CT molecular complexity index is 677. The number of carboxylic acid groups (broad SMARTS) is 1. The maximum Gasteiger partial charge on any atom is 0.409 e. The lowest BCUT2D eigenvalue weighted by Crippen LogP contribution is -2.47. The van der Waals surface area contributed by atoms with Crippen LogP contribution >= 0.6 is 22.6 Å². The number of likely N-dealkylation sites (tertiary alicyclic amines) is 1. The number of amides is 1. The Morgan fingerprint density at radius 1 is 1.41 bits per heavy atom. The zero-order valence-electron chi connectivity index (χ0n) is 11.6. The summed E-state index contributed by atoms with van der Waals surface area (Å²) in [6.07, 6.45) is -1.44. The second-order valence-electron chi connectivity index (χ2n) is 5.28. The number of halogens is 1. The molecule has 1 aromatic carbocycles. The number of nitrogens with one attached hydrogen (secondary N) is 1. The Balaban J connectivity index is 1.93. The van der Waals surface area contributed by atoms with Gasteiger partial charge in [0.2, 0.25) is 0 Å². The third kappa shape index (κ3) is 2.40. The molecule has 3 rings (SSSR count). The number of rotatable bonds is 1. The van der Waals surface area contributed by atoms with Gasteiger partial charge in [0, 0.05) is 22.1 Å². The number of carbonyl (C=O) groups is 3. The molecule has 2 aliphatic heterocycles. The molecule has 0 aliphatic carbocycles. The number of carbonyl (C=O) groups excluding carboxylic acids is 2. The number of anilines is 1. The number of esters is 2. The van der Waals surface area contributed by atoms with Gasteiger partial charge in [0.15, 0.2) is 0 Å². The number of fused-ring (bicyclic) bond motifs is 3. The Hall–Kier alpha value is -1.84. The van der Waals surface area contributed by atoms with Crippen LogP contribution < -0.4 is 5.32 Å². The van der Waals surface area contributed by atoms with Crippen LogP contribution in [0.5, 0.6) is 0 Å². The van der Waals surface area contributed by atoms with Crippen LogP contribution in [0.2, 0.25) is 0 Å². The van der Waals surface area contributed by atoms with Crippen molar-refractivity contribution in [3.63, 3.8) is 0 Å². The number of benzene rings is 1. The zero-order chi connectivity index (χ0) is 16.0. The first-order valence-electron chi connectivity index (χ1n) is 6.68. The monoisotopic (exact) mass is 416 g/mol. The molecule has 3 unspecified atom stereocenters. The third-order valence-corrected chi connectivity index (χ3v) is 4.62. The summed E-state index contributed by atoms with van der Waals surface area (Å²) in [6.45, 7) is 1.12. The van der Waals surface area contributed by atoms with Crippen molar-refractivity contribution in [3.8, 4) is 0 Å². The lowest BCUT2D eigenvalue weighted by molar-refractivity contribution is -0.161. The van der Waals surface area contributed by atoms with Crippen LogP contribution in [0, 0.1) is 3.57 Å². The molecule has 22 heavy (non-hydrogen) atoms. The number of hydrogen-bond donors (Lipinski definition) is 2. The van der Waals surface area contributed by atoms with Gasteiger partial charge in [-0.15, -0.1) is 0 Å². The van der Waals surface area contributed by atoms with Crippen LogP contribution in [0.4, 0.5) is 10.5 Å². The third-order valence-electron chi connectivity index (χ3n) is 3.95. The molecule has 1 saturated heterocycles. The molecule has 1 amide bonds. The molecule has 0 aromatic heterocycles. The Morgan fingerprint density at radius 3 is 2.77 bits per heavy atom. The summed E-state index contributed by atoms with van der Waals surface area (Å²) in [5.74, 6) is -1.70. The van der Waals surface area contributed by atoms with Crippen LogP contribution in [0.15, 0.2) is 18.2 Å². The van der Waals surface area contributed by atoms with E-state index in [0.29, 0.717) is 6.42 Å². The molecule has 3 atom stereocenters. The standard InChI is InChI=1S/C14H13IN2O5/c1-6(18)22-13(19)11-5-9-8-4-7(15)2-3-10(8)16-12(9)17(11)14(20)21/h2-4,9,11-12,16H,5H2,1H3,(H,20,21). The highest BCUT2D eigenvalue weighted by molar-refractivity contribution is 14.1. The summed E-state index contributed by atoms with van der Waals surface area (Å²) in [6, 6.07) is 4.83. The normalized spacial score (nSPS) is 25.2. The largest absolute Gasteiger partial charge is 0.465 e. The fourth-order valence-electron chi connectivity index (χ4n) is 3.14. The minimum Gasteiger partial charge on any atom is -0.465 e. The maximum atomic E-state index is 12.0. The Kier molecular flexibility index (Phi) is 3.71. The summed E-state index contributed by atoms with van der Waals surface area (Å²) < 4.78 is 5.62. The predicted molar refractivity (Wildman–Crippen MR) is 84.4 cm³/mol. The van der Waals surface area contributed by atoms with Crippen LogP contribution in [0.1, 0.15) is 24.8 Å². The van der Waals surface area contributed by atoms with Gasteiger partial charge in [0.25, 0.3) is 0 Å². The van der Waals surface area contributed by atoms with E-state index in [-0.39, 0.29) is 5.92 Å². The van der Waals surface area contributed by atoms with Crippen molar-refractivity contribution in [1.29, 1.82) is 0 Å². The highest BCUT2D eigenvalue weighted by atomic mass is 127. The minimum atomic E-state index is -1.21. The summed E-state index contributed by atoms with van der Waals surface area (Å²) in [5, 5.41) is 12.6. The predicted octanol–water partition coefficient (Wildman–Crippen LogP) is 1.97. The van der Waals surface area contributed by atoms with Crippen LogP contribution in [0.25, 0.3) is 0 Å². The topological polar surface area (TPSA) is 95.9 Å². The van der Waals surface area contributed by atoms with Crippen molar-refractivity contribution in [1.82, 2.24) is 4.90 Å². The number of ether oxygens (including phenoxy) is 1. The quantitative estimate of drug-likeness (QED) is 0.413. The van der Waals surface area contributed by atoms with Gasteiger partial charge in [-0.3, -0.25) is 9.69 Å². The summed E-state index contributed by atoms with van der Waals surface area (Å²) >= 11 is 2.19. The smallest absolute Gasteiger partial charge is 0.409 e. The van der Waals surface area contributed by atoms with E-state index in [0.717, 1.165) is 26.6 Å². The van der Waals surface area contributed by atoms with Crippen LogP contribution in [-0.2, 0) is 14.3 Å². The van der Waals surface area contributed by atoms with Gasteiger partial charge >= 0.3 is 18.0 Å². The van der Waals surface area contributed by atoms with Gasteiger partial charge in [-0.2, -0.15) is 0 Å². The first-order chi connectivity index (χ1) is 10.4. The second-order valence-corrected chi connectivity index (χ2v) is 6.53. The van der Waals surface area contributed by atoms with E-state index in [2.05, 4.69) is 32.6 Å². The molecular weight excluding hydrogens is 403 g/mol. The average Bonchev–Trinajstić information content (AvgIpc) is 2.93. The van der Waals surface area contributed by atoms with E-state index in [4.69, 9.17) is 0 Å². The highest BCUT2D eigenvalue weighted by Gasteiger charge is 2.52. The highest BCUT2D eigenvalue weighted by Crippen LogP contribution is 2.46. The lowest BCUT2D eigenvalue weighted by Gasteiger charge is -2.25. The van der Waals surface area contributed by atoms with Crippen molar-refractivity contribution in [2.75, 3.05) is 5.32 Å². The fourth-order valence-corrected chi connectivity index (χ4v) is 3.66. The molecule has 2 N–H and O–H groups in total. The van der Waals surface area contributed by atoms with Gasteiger partial charge in [0.1, 0.15) is 12.2 Å². The first kappa shape index (κ1) is 15.1. The molecule has 0 saturated carbocycles. The lowest BCUT2D eigenvalue weighted by atomic mass is 9.96. The van der Waals surface area contributed by atoms with Gasteiger partial charge in [-0.1, -0.05) is 0 Å². The van der Waals surface area contributed by atoms with Gasteiger partial charge in [-0.05, 0) is 52.8 Å². The summed E-state index contributed by atoms with van der Waals surface area (Å²) in [4.78, 5) is 35.6. The summed E-state index contributed by atoms with van der Waals surface area (Å²) in [5.41, 5.74) is 1.86. The van der Waals surface area contributed by atoms with Gasteiger partial charge < -0.3 is 15.2 Å². The first-order valence-corrected chi connectivity index (χ1v) is 7.76. The van der Waals surface area contributed by atoms with Crippen LogP contribution in [-0.4, -0.2) is 40.2 Å². The van der Waals surface area contributed by atoms with E-state index in [1.165, 1.54) is 0 Å². The molecule has 0 bridgehead atoms. The molecule has 0 spiro atoms. The summed E-state index contributed by atoms with van der Waals surface area (Å²) in [7, 11) is 0. The molecule has 2 aliphatic rings. The molecule has 116 valence electrons. The second kappa shape index (κ2) is 5.41. The molecule has 0 radical (unpaired) electrons. The van der Waals surface area contributed by atoms with E-state index < -0.39 is 30.2 Å².